The minimum Gasteiger partial charge on any atom is -0.342 e. The summed E-state index contributed by atoms with van der Waals surface area (Å²) in [5, 5.41) is 4.45. The number of para-hydroxylation sites is 1. The number of hydrogen-bond donors (Lipinski definition) is 0. The summed E-state index contributed by atoms with van der Waals surface area (Å²) in [6, 6.07) is 29.0. The van der Waals surface area contributed by atoms with Crippen LogP contribution in [0.15, 0.2) is 90.5 Å². The Morgan fingerprint density at radius 1 is 0.806 bits per heavy atom. The molecule has 1 aliphatic rings. The van der Waals surface area contributed by atoms with Crippen molar-refractivity contribution in [2.24, 2.45) is 7.05 Å². The summed E-state index contributed by atoms with van der Waals surface area (Å²) in [5.74, 6) is 0.0104. The smallest absolute Gasteiger partial charge is 0.189 e. The quantitative estimate of drug-likeness (QED) is 0.216. The van der Waals surface area contributed by atoms with Crippen molar-refractivity contribution < 1.29 is 4.79 Å². The molecule has 4 aromatic carbocycles. The zero-order valence-corrected chi connectivity index (χ0v) is 20.9. The average Bonchev–Trinajstić information content (AvgIpc) is 3.49. The van der Waals surface area contributed by atoms with Crippen LogP contribution in [0.2, 0.25) is 10.0 Å². The van der Waals surface area contributed by atoms with Crippen molar-refractivity contribution in [3.63, 3.8) is 0 Å². The van der Waals surface area contributed by atoms with E-state index in [9.17, 15) is 4.79 Å². The van der Waals surface area contributed by atoms with E-state index in [4.69, 9.17) is 23.2 Å². The van der Waals surface area contributed by atoms with Crippen molar-refractivity contribution in [2.75, 3.05) is 0 Å². The van der Waals surface area contributed by atoms with Crippen molar-refractivity contribution in [2.45, 2.75) is 6.42 Å². The molecule has 0 N–H and O–H groups in total. The second-order valence-electron chi connectivity index (χ2n) is 9.31. The Morgan fingerprint density at radius 2 is 1.53 bits per heavy atom. The van der Waals surface area contributed by atoms with Gasteiger partial charge in [0.2, 0.25) is 0 Å². The van der Waals surface area contributed by atoms with Crippen LogP contribution in [0.4, 0.5) is 0 Å². The Balaban J connectivity index is 1.46. The second-order valence-corrected chi connectivity index (χ2v) is 10.1. The minimum absolute atomic E-state index is 0.0104. The van der Waals surface area contributed by atoms with E-state index >= 15 is 0 Å². The van der Waals surface area contributed by atoms with Crippen LogP contribution >= 0.6 is 23.2 Å². The van der Waals surface area contributed by atoms with Gasteiger partial charge in [-0.2, -0.15) is 0 Å². The number of nitrogens with zero attached hydrogens (tertiary/aromatic N) is 2. The summed E-state index contributed by atoms with van der Waals surface area (Å²) in [7, 11) is 2.06. The van der Waals surface area contributed by atoms with Crippen LogP contribution in [0.3, 0.4) is 0 Å². The third-order valence-corrected chi connectivity index (χ3v) is 8.01. The van der Waals surface area contributed by atoms with Gasteiger partial charge in [-0.1, -0.05) is 77.8 Å². The standard InChI is InChI=1S/C31H20Cl2N2O/c1-34-21(14-20-13-19-15-25(32)26(33)17-24(19)31(20)36)16-29-30(34)23-10-4-5-11-28(23)35(29)27-12-6-8-18-7-2-3-9-22(18)27/h2-12,14-17H,13H2,1H3/b20-14+. The number of carbonyl (C=O) groups is 1. The summed E-state index contributed by atoms with van der Waals surface area (Å²) in [6.07, 6.45) is 2.55. The zero-order chi connectivity index (χ0) is 24.6. The van der Waals surface area contributed by atoms with Crippen LogP contribution in [0, 0.1) is 0 Å². The zero-order valence-electron chi connectivity index (χ0n) is 19.4. The summed E-state index contributed by atoms with van der Waals surface area (Å²) >= 11 is 12.4. The normalized spacial score (nSPS) is 14.5. The molecule has 0 atom stereocenters. The van der Waals surface area contributed by atoms with Crippen LogP contribution < -0.4 is 0 Å². The lowest BCUT2D eigenvalue weighted by atomic mass is 10.1. The van der Waals surface area contributed by atoms with Crippen molar-refractivity contribution in [3.05, 3.63) is 117 Å². The lowest BCUT2D eigenvalue weighted by molar-refractivity contribution is 0.104. The molecule has 0 bridgehead atoms. The molecule has 3 nitrogen and oxygen atoms in total. The van der Waals surface area contributed by atoms with Gasteiger partial charge in [0.15, 0.2) is 5.78 Å². The van der Waals surface area contributed by atoms with Gasteiger partial charge in [-0.15, -0.1) is 0 Å². The van der Waals surface area contributed by atoms with Crippen LogP contribution in [0.1, 0.15) is 21.6 Å². The highest BCUT2D eigenvalue weighted by atomic mass is 35.5. The summed E-state index contributed by atoms with van der Waals surface area (Å²) in [6.45, 7) is 0. The molecule has 0 fully saturated rings. The number of allylic oxidation sites excluding steroid dienone is 1. The lowest BCUT2D eigenvalue weighted by Crippen LogP contribution is -1.97. The fourth-order valence-corrected chi connectivity index (χ4v) is 5.94. The van der Waals surface area contributed by atoms with Crippen molar-refractivity contribution in [3.8, 4) is 5.69 Å². The Hall–Kier alpha value is -3.79. The number of fused-ring (bicyclic) bond motifs is 5. The molecule has 5 heteroatoms. The van der Waals surface area contributed by atoms with Gasteiger partial charge < -0.3 is 9.13 Å². The molecule has 0 unspecified atom stereocenters. The molecule has 174 valence electrons. The van der Waals surface area contributed by atoms with E-state index in [-0.39, 0.29) is 5.78 Å². The Kier molecular flexibility index (Phi) is 4.69. The molecule has 6 aromatic rings. The highest BCUT2D eigenvalue weighted by molar-refractivity contribution is 6.42. The lowest BCUT2D eigenvalue weighted by Gasteiger charge is -2.10. The number of Topliss-reactive ketones (excluding diaryl/α,β-unsaturated/α-hetero) is 1. The van der Waals surface area contributed by atoms with Gasteiger partial charge in [0, 0.05) is 41.1 Å². The van der Waals surface area contributed by atoms with E-state index in [2.05, 4.69) is 89.0 Å². The van der Waals surface area contributed by atoms with Gasteiger partial charge in [0.25, 0.3) is 0 Å². The summed E-state index contributed by atoms with van der Waals surface area (Å²) < 4.78 is 4.52. The molecule has 0 amide bonds. The SMILES string of the molecule is Cn1c(/C=C2\Cc3cc(Cl)c(Cl)cc3C2=O)cc2c1c1ccccc1n2-c1cccc2ccccc12. The van der Waals surface area contributed by atoms with E-state index in [1.807, 2.05) is 6.08 Å². The maximum atomic E-state index is 13.2. The molecule has 0 saturated carbocycles. The number of ketones is 1. The van der Waals surface area contributed by atoms with Crippen molar-refractivity contribution in [1.29, 1.82) is 0 Å². The Bertz CT molecular complexity index is 1920. The van der Waals surface area contributed by atoms with Gasteiger partial charge in [0.05, 0.1) is 32.3 Å². The summed E-state index contributed by atoms with van der Waals surface area (Å²) in [5.41, 5.74) is 7.82. The number of aryl methyl sites for hydroxylation is 1. The molecule has 2 aromatic heterocycles. The molecule has 2 heterocycles. The first-order valence-corrected chi connectivity index (χ1v) is 12.6. The highest BCUT2D eigenvalue weighted by Crippen LogP contribution is 2.38. The van der Waals surface area contributed by atoms with Crippen LogP contribution in [0.25, 0.3) is 44.5 Å². The summed E-state index contributed by atoms with van der Waals surface area (Å²) in [4.78, 5) is 13.2. The molecule has 36 heavy (non-hydrogen) atoms. The maximum absolute atomic E-state index is 13.2. The predicted octanol–water partition coefficient (Wildman–Crippen LogP) is 8.40. The topological polar surface area (TPSA) is 26.9 Å². The molecule has 7 rings (SSSR count). The number of hydrogen-bond acceptors (Lipinski definition) is 1. The largest absolute Gasteiger partial charge is 0.342 e. The van der Waals surface area contributed by atoms with E-state index in [1.165, 1.54) is 16.2 Å². The number of rotatable bonds is 2. The third-order valence-electron chi connectivity index (χ3n) is 7.28. The van der Waals surface area contributed by atoms with Crippen molar-refractivity contribution >= 4 is 67.8 Å². The van der Waals surface area contributed by atoms with Gasteiger partial charge in [-0.3, -0.25) is 4.79 Å². The molecular weight excluding hydrogens is 487 g/mol. The van der Waals surface area contributed by atoms with Crippen LogP contribution in [-0.2, 0) is 13.5 Å². The third kappa shape index (κ3) is 3.03. The van der Waals surface area contributed by atoms with Gasteiger partial charge in [0.1, 0.15) is 0 Å². The van der Waals surface area contributed by atoms with E-state index in [0.717, 1.165) is 39.1 Å². The van der Waals surface area contributed by atoms with E-state index < -0.39 is 0 Å². The number of aromatic nitrogens is 2. The number of halogens is 2. The Morgan fingerprint density at radius 3 is 2.39 bits per heavy atom. The monoisotopic (exact) mass is 506 g/mol. The van der Waals surface area contributed by atoms with Gasteiger partial charge in [-0.25, -0.2) is 0 Å². The Labute approximate surface area is 217 Å². The fraction of sp³-hybridized carbons (Fsp3) is 0.0645. The predicted molar refractivity (Wildman–Crippen MR) is 150 cm³/mol. The van der Waals surface area contributed by atoms with Gasteiger partial charge in [-0.05, 0) is 47.4 Å². The van der Waals surface area contributed by atoms with Crippen LogP contribution in [0.5, 0.6) is 0 Å². The fourth-order valence-electron chi connectivity index (χ4n) is 5.59. The first-order valence-electron chi connectivity index (χ1n) is 11.8. The molecule has 0 saturated heterocycles. The molecule has 0 spiro atoms. The second kappa shape index (κ2) is 7.86. The highest BCUT2D eigenvalue weighted by Gasteiger charge is 2.27. The maximum Gasteiger partial charge on any atom is 0.189 e. The molecular formula is C31H20Cl2N2O. The number of carbonyl (C=O) groups excluding carboxylic acids is 1. The van der Waals surface area contributed by atoms with E-state index in [1.54, 1.807) is 12.1 Å². The van der Waals surface area contributed by atoms with Crippen molar-refractivity contribution in [1.82, 2.24) is 9.13 Å². The van der Waals surface area contributed by atoms with E-state index in [0.29, 0.717) is 22.0 Å². The first kappa shape index (κ1) is 21.5. The van der Waals surface area contributed by atoms with Crippen LogP contribution in [-0.4, -0.2) is 14.9 Å². The number of benzene rings is 4. The minimum atomic E-state index is 0.0104. The molecule has 0 radical (unpaired) electrons. The van der Waals surface area contributed by atoms with Gasteiger partial charge >= 0.3 is 0 Å². The average molecular weight is 507 g/mol. The molecule has 0 aliphatic heterocycles. The first-order chi connectivity index (χ1) is 17.5. The molecule has 1 aliphatic carbocycles.